The number of hydrogen-bond acceptors (Lipinski definition) is 3. The van der Waals surface area contributed by atoms with E-state index in [1.54, 1.807) is 49.6 Å². The van der Waals surface area contributed by atoms with E-state index in [1.807, 2.05) is 6.07 Å². The summed E-state index contributed by atoms with van der Waals surface area (Å²) < 4.78 is 10.4. The maximum Gasteiger partial charge on any atom is 0.338 e. The smallest absolute Gasteiger partial charge is 0.338 e. The molecule has 0 aliphatic heterocycles. The Morgan fingerprint density at radius 3 is 2.56 bits per heavy atom. The van der Waals surface area contributed by atoms with Crippen LogP contribution in [0.1, 0.15) is 29.1 Å². The molecule has 0 N–H and O–H groups in total. The number of ether oxygens (including phenoxy) is 1. The Kier molecular flexibility index (Phi) is 3.05. The molecule has 1 aromatic carbocycles. The summed E-state index contributed by atoms with van der Waals surface area (Å²) in [5.41, 5.74) is 0.543. The normalized spacial score (nSPS) is 12.1. The van der Waals surface area contributed by atoms with Crippen LogP contribution in [-0.4, -0.2) is 5.97 Å². The Morgan fingerprint density at radius 2 is 1.94 bits per heavy atom. The molecular weight excluding hydrogens is 204 g/mol. The molecule has 0 radical (unpaired) electrons. The third-order valence-corrected chi connectivity index (χ3v) is 2.24. The first-order chi connectivity index (χ1) is 7.77. The molecule has 16 heavy (non-hydrogen) atoms. The number of rotatable bonds is 3. The van der Waals surface area contributed by atoms with Gasteiger partial charge >= 0.3 is 5.97 Å². The lowest BCUT2D eigenvalue weighted by Crippen LogP contribution is -2.08. The van der Waals surface area contributed by atoms with Gasteiger partial charge in [0.2, 0.25) is 0 Å². The van der Waals surface area contributed by atoms with Crippen molar-refractivity contribution in [1.29, 1.82) is 0 Å². The van der Waals surface area contributed by atoms with E-state index < -0.39 is 0 Å². The van der Waals surface area contributed by atoms with Crippen LogP contribution in [0.5, 0.6) is 0 Å². The third kappa shape index (κ3) is 2.31. The summed E-state index contributed by atoms with van der Waals surface area (Å²) in [6, 6.07) is 12.4. The molecule has 3 nitrogen and oxygen atoms in total. The first kappa shape index (κ1) is 10.5. The Hall–Kier alpha value is -2.03. The van der Waals surface area contributed by atoms with Gasteiger partial charge in [0.05, 0.1) is 11.8 Å². The molecule has 0 aliphatic carbocycles. The second-order valence-electron chi connectivity index (χ2n) is 3.43. The highest BCUT2D eigenvalue weighted by Gasteiger charge is 2.14. The molecule has 2 aromatic rings. The molecular formula is C13H12O3. The summed E-state index contributed by atoms with van der Waals surface area (Å²) in [6.45, 7) is 1.78. The van der Waals surface area contributed by atoms with Crippen molar-refractivity contribution >= 4 is 5.97 Å². The zero-order valence-corrected chi connectivity index (χ0v) is 8.92. The average molecular weight is 216 g/mol. The van der Waals surface area contributed by atoms with Gasteiger partial charge in [-0.25, -0.2) is 4.79 Å². The topological polar surface area (TPSA) is 39.4 Å². The maximum absolute atomic E-state index is 11.7. The number of hydrogen-bond donors (Lipinski definition) is 0. The molecule has 0 bridgehead atoms. The highest BCUT2D eigenvalue weighted by molar-refractivity contribution is 5.89. The lowest BCUT2D eigenvalue weighted by molar-refractivity contribution is 0.0291. The Bertz CT molecular complexity index is 445. The zero-order chi connectivity index (χ0) is 11.4. The number of carbonyl (C=O) groups excluding carboxylic acids is 1. The fraction of sp³-hybridized carbons (Fsp3) is 0.154. The second-order valence-corrected chi connectivity index (χ2v) is 3.43. The molecule has 1 aromatic heterocycles. The fourth-order valence-electron chi connectivity index (χ4n) is 1.38. The number of esters is 1. The van der Waals surface area contributed by atoms with Crippen LogP contribution in [0.15, 0.2) is 53.1 Å². The van der Waals surface area contributed by atoms with Crippen molar-refractivity contribution in [3.8, 4) is 0 Å². The molecule has 0 fully saturated rings. The summed E-state index contributed by atoms with van der Waals surface area (Å²) in [6.07, 6.45) is 1.19. The minimum absolute atomic E-state index is 0.343. The van der Waals surface area contributed by atoms with Crippen LogP contribution in [0.4, 0.5) is 0 Å². The summed E-state index contributed by atoms with van der Waals surface area (Å²) in [4.78, 5) is 11.7. The van der Waals surface area contributed by atoms with E-state index in [-0.39, 0.29) is 12.1 Å². The van der Waals surface area contributed by atoms with E-state index >= 15 is 0 Å². The largest absolute Gasteiger partial charge is 0.465 e. The molecule has 0 saturated heterocycles. The van der Waals surface area contributed by atoms with Gasteiger partial charge in [-0.05, 0) is 31.2 Å². The zero-order valence-electron chi connectivity index (χ0n) is 8.92. The summed E-state index contributed by atoms with van der Waals surface area (Å²) in [5.74, 6) is 0.300. The lowest BCUT2D eigenvalue weighted by Gasteiger charge is -2.10. The van der Waals surface area contributed by atoms with Gasteiger partial charge < -0.3 is 9.15 Å². The van der Waals surface area contributed by atoms with E-state index in [2.05, 4.69) is 0 Å². The van der Waals surface area contributed by atoms with Crippen LogP contribution < -0.4 is 0 Å². The summed E-state index contributed by atoms with van der Waals surface area (Å²) in [5, 5.41) is 0. The van der Waals surface area contributed by atoms with Crippen molar-refractivity contribution in [2.24, 2.45) is 0 Å². The van der Waals surface area contributed by atoms with Gasteiger partial charge in [-0.15, -0.1) is 0 Å². The maximum atomic E-state index is 11.7. The standard InChI is InChI=1S/C13H12O3/c1-10(12-8-5-9-15-12)16-13(14)11-6-3-2-4-7-11/h2-10H,1H3. The molecule has 0 spiro atoms. The highest BCUT2D eigenvalue weighted by atomic mass is 16.5. The SMILES string of the molecule is CC(OC(=O)c1ccccc1)c1ccco1. The Labute approximate surface area is 93.7 Å². The van der Waals surface area contributed by atoms with Crippen molar-refractivity contribution in [2.75, 3.05) is 0 Å². The van der Waals surface area contributed by atoms with E-state index in [4.69, 9.17) is 9.15 Å². The van der Waals surface area contributed by atoms with E-state index in [0.717, 1.165) is 0 Å². The highest BCUT2D eigenvalue weighted by Crippen LogP contribution is 2.18. The van der Waals surface area contributed by atoms with E-state index in [9.17, 15) is 4.79 Å². The van der Waals surface area contributed by atoms with Crippen LogP contribution >= 0.6 is 0 Å². The molecule has 0 amide bonds. The molecule has 1 atom stereocenters. The predicted octanol–water partition coefficient (Wildman–Crippen LogP) is 3.20. The Balaban J connectivity index is 2.03. The number of furan rings is 1. The summed E-state index contributed by atoms with van der Waals surface area (Å²) in [7, 11) is 0. The number of benzene rings is 1. The average Bonchev–Trinajstić information content (AvgIpc) is 2.83. The minimum Gasteiger partial charge on any atom is -0.465 e. The van der Waals surface area contributed by atoms with Gasteiger partial charge in [0.1, 0.15) is 5.76 Å². The van der Waals surface area contributed by atoms with Crippen molar-refractivity contribution in [3.05, 3.63) is 60.1 Å². The van der Waals surface area contributed by atoms with Gasteiger partial charge in [0.25, 0.3) is 0 Å². The van der Waals surface area contributed by atoms with E-state index in [0.29, 0.717) is 11.3 Å². The molecule has 0 aliphatic rings. The van der Waals surface area contributed by atoms with Crippen LogP contribution in [-0.2, 0) is 4.74 Å². The molecule has 2 rings (SSSR count). The first-order valence-electron chi connectivity index (χ1n) is 5.07. The van der Waals surface area contributed by atoms with Gasteiger partial charge in [-0.1, -0.05) is 18.2 Å². The number of carbonyl (C=O) groups is 1. The lowest BCUT2D eigenvalue weighted by atomic mass is 10.2. The quantitative estimate of drug-likeness (QED) is 0.739. The van der Waals surface area contributed by atoms with Crippen LogP contribution in [0, 0.1) is 0 Å². The first-order valence-corrected chi connectivity index (χ1v) is 5.07. The van der Waals surface area contributed by atoms with Gasteiger partial charge in [-0.2, -0.15) is 0 Å². The molecule has 0 saturated carbocycles. The second kappa shape index (κ2) is 4.66. The molecule has 82 valence electrons. The van der Waals surface area contributed by atoms with Crippen molar-refractivity contribution in [3.63, 3.8) is 0 Å². The minimum atomic E-state index is -0.372. The van der Waals surface area contributed by atoms with E-state index in [1.165, 1.54) is 0 Å². The van der Waals surface area contributed by atoms with Crippen molar-refractivity contribution in [2.45, 2.75) is 13.0 Å². The van der Waals surface area contributed by atoms with Crippen molar-refractivity contribution < 1.29 is 13.9 Å². The third-order valence-electron chi connectivity index (χ3n) is 2.24. The monoisotopic (exact) mass is 216 g/mol. The summed E-state index contributed by atoms with van der Waals surface area (Å²) >= 11 is 0. The molecule has 3 heteroatoms. The van der Waals surface area contributed by atoms with Gasteiger partial charge in [0.15, 0.2) is 6.10 Å². The fourth-order valence-corrected chi connectivity index (χ4v) is 1.38. The van der Waals surface area contributed by atoms with Crippen molar-refractivity contribution in [1.82, 2.24) is 0 Å². The molecule has 1 heterocycles. The Morgan fingerprint density at radius 1 is 1.19 bits per heavy atom. The van der Waals surface area contributed by atoms with Crippen LogP contribution in [0.25, 0.3) is 0 Å². The van der Waals surface area contributed by atoms with Gasteiger partial charge in [-0.3, -0.25) is 0 Å². The molecule has 1 unspecified atom stereocenters. The van der Waals surface area contributed by atoms with Crippen LogP contribution in [0.3, 0.4) is 0 Å². The van der Waals surface area contributed by atoms with Gasteiger partial charge in [0, 0.05) is 0 Å². The predicted molar refractivity (Wildman–Crippen MR) is 59.0 cm³/mol. The van der Waals surface area contributed by atoms with Crippen LogP contribution in [0.2, 0.25) is 0 Å².